The highest BCUT2D eigenvalue weighted by molar-refractivity contribution is 7.17. The number of hydrogen-bond donors (Lipinski definition) is 2. The molecule has 2 aliphatic rings. The van der Waals surface area contributed by atoms with Gasteiger partial charge in [-0.2, -0.15) is 0 Å². The number of likely N-dealkylation sites (N-methyl/N-ethyl adjacent to an activating group) is 1. The number of rotatable bonds is 7. The Balaban J connectivity index is 1.45. The molecule has 194 valence electrons. The van der Waals surface area contributed by atoms with Crippen molar-refractivity contribution in [3.05, 3.63) is 70.5 Å². The highest BCUT2D eigenvalue weighted by atomic mass is 32.1. The first-order valence-corrected chi connectivity index (χ1v) is 14.0. The molecule has 0 bridgehead atoms. The summed E-state index contributed by atoms with van der Waals surface area (Å²) in [7, 11) is 0. The Morgan fingerprint density at radius 1 is 1.14 bits per heavy atom. The van der Waals surface area contributed by atoms with E-state index in [1.807, 2.05) is 24.3 Å². The Hall–Kier alpha value is -3.16. The molecule has 1 aliphatic heterocycles. The summed E-state index contributed by atoms with van der Waals surface area (Å²) in [6.07, 6.45) is 7.25. The smallest absolute Gasteiger partial charge is 0.346 e. The number of carbonyl (C=O) groups is 2. The summed E-state index contributed by atoms with van der Waals surface area (Å²) in [6, 6.07) is 12.9. The van der Waals surface area contributed by atoms with Crippen molar-refractivity contribution in [2.45, 2.75) is 46.0 Å². The van der Waals surface area contributed by atoms with Crippen LogP contribution in [0.1, 0.15) is 71.7 Å². The molecule has 1 saturated carbocycles. The normalized spacial score (nSPS) is 20.7. The number of carboxylic acid groups (broad SMARTS) is 1. The number of thiophene rings is 1. The lowest BCUT2D eigenvalue weighted by atomic mass is 9.75. The van der Waals surface area contributed by atoms with E-state index < -0.39 is 5.97 Å². The van der Waals surface area contributed by atoms with Gasteiger partial charge in [0.05, 0.1) is 6.26 Å². The third kappa shape index (κ3) is 5.58. The van der Waals surface area contributed by atoms with Gasteiger partial charge in [-0.25, -0.2) is 4.79 Å². The predicted octanol–water partition coefficient (Wildman–Crippen LogP) is 7.26. The number of furan rings is 1. The number of carbonyl (C=O) groups excluding carboxylic acids is 1. The van der Waals surface area contributed by atoms with Crippen LogP contribution in [0.25, 0.3) is 16.0 Å². The molecule has 1 aliphatic carbocycles. The molecule has 7 heteroatoms. The average molecular weight is 519 g/mol. The summed E-state index contributed by atoms with van der Waals surface area (Å²) in [5, 5.41) is 13.0. The van der Waals surface area contributed by atoms with Crippen LogP contribution in [-0.2, 0) is 0 Å². The molecule has 1 aromatic carbocycles. The van der Waals surface area contributed by atoms with Gasteiger partial charge in [0.2, 0.25) is 0 Å². The Morgan fingerprint density at radius 3 is 2.54 bits per heavy atom. The molecule has 1 fully saturated rings. The van der Waals surface area contributed by atoms with Crippen molar-refractivity contribution in [3.63, 3.8) is 0 Å². The highest BCUT2D eigenvalue weighted by Gasteiger charge is 2.30. The topological polar surface area (TPSA) is 82.8 Å². The van der Waals surface area contributed by atoms with Crippen molar-refractivity contribution in [2.75, 3.05) is 25.0 Å². The van der Waals surface area contributed by atoms with E-state index in [1.165, 1.54) is 54.4 Å². The van der Waals surface area contributed by atoms with Crippen LogP contribution in [0.3, 0.4) is 0 Å². The van der Waals surface area contributed by atoms with E-state index in [1.54, 1.807) is 12.1 Å². The van der Waals surface area contributed by atoms with E-state index >= 15 is 0 Å². The minimum absolute atomic E-state index is 0.253. The number of amides is 1. The second kappa shape index (κ2) is 11.1. The third-order valence-corrected chi connectivity index (χ3v) is 9.01. The SMILES string of the molecule is CCN1CCC(c2cc(-c3ccc(NC(=O)c4ccco4)cc3)sc2C(=O)O)=C(C2CCC(C)CC2)C1. The number of anilines is 1. The predicted molar refractivity (Wildman–Crippen MR) is 148 cm³/mol. The fourth-order valence-corrected chi connectivity index (χ4v) is 6.67. The number of hydrogen-bond acceptors (Lipinski definition) is 5. The fourth-order valence-electron chi connectivity index (χ4n) is 5.64. The van der Waals surface area contributed by atoms with Crippen LogP contribution in [0.2, 0.25) is 0 Å². The molecule has 5 rings (SSSR count). The molecule has 3 aromatic rings. The van der Waals surface area contributed by atoms with E-state index in [0.29, 0.717) is 16.5 Å². The van der Waals surface area contributed by atoms with Crippen LogP contribution in [0.4, 0.5) is 5.69 Å². The van der Waals surface area contributed by atoms with Crippen molar-refractivity contribution >= 4 is 34.5 Å². The molecule has 1 amide bonds. The number of nitrogens with zero attached hydrogens (tertiary/aromatic N) is 1. The zero-order chi connectivity index (χ0) is 25.9. The number of nitrogens with one attached hydrogen (secondary N) is 1. The van der Waals surface area contributed by atoms with E-state index in [2.05, 4.69) is 30.1 Å². The molecule has 37 heavy (non-hydrogen) atoms. The minimum Gasteiger partial charge on any atom is -0.477 e. The molecule has 0 unspecified atom stereocenters. The van der Waals surface area contributed by atoms with Gasteiger partial charge in [0.25, 0.3) is 5.91 Å². The van der Waals surface area contributed by atoms with Gasteiger partial charge in [-0.1, -0.05) is 38.8 Å². The standard InChI is InChI=1S/C30H34N2O4S/c1-3-32-15-14-23(25(18-32)20-8-6-19(2)7-9-20)24-17-27(37-28(24)30(34)35)21-10-12-22(13-11-21)31-29(33)26-5-4-16-36-26/h4-5,10-13,16-17,19-20H,3,6-9,14-15,18H2,1-2H3,(H,31,33)(H,34,35). The van der Waals surface area contributed by atoms with Gasteiger partial charge in [-0.15, -0.1) is 11.3 Å². The van der Waals surface area contributed by atoms with Crippen molar-refractivity contribution in [3.8, 4) is 10.4 Å². The van der Waals surface area contributed by atoms with Gasteiger partial charge in [0.15, 0.2) is 5.76 Å². The van der Waals surface area contributed by atoms with Gasteiger partial charge >= 0.3 is 5.97 Å². The molecular weight excluding hydrogens is 484 g/mol. The average Bonchev–Trinajstić information content (AvgIpc) is 3.60. The maximum absolute atomic E-state index is 12.4. The van der Waals surface area contributed by atoms with E-state index in [9.17, 15) is 14.7 Å². The second-order valence-electron chi connectivity index (χ2n) is 10.2. The molecule has 2 aromatic heterocycles. The summed E-state index contributed by atoms with van der Waals surface area (Å²) in [4.78, 5) is 28.5. The summed E-state index contributed by atoms with van der Waals surface area (Å²) >= 11 is 1.34. The second-order valence-corrected chi connectivity index (χ2v) is 11.3. The molecule has 0 atom stereocenters. The van der Waals surface area contributed by atoms with Crippen molar-refractivity contribution in [1.29, 1.82) is 0 Å². The summed E-state index contributed by atoms with van der Waals surface area (Å²) in [5.41, 5.74) is 5.21. The van der Waals surface area contributed by atoms with Crippen LogP contribution in [0.5, 0.6) is 0 Å². The number of benzene rings is 1. The first-order chi connectivity index (χ1) is 17.9. The maximum Gasteiger partial charge on any atom is 0.346 e. The largest absolute Gasteiger partial charge is 0.477 e. The van der Waals surface area contributed by atoms with E-state index in [4.69, 9.17) is 4.42 Å². The molecule has 0 spiro atoms. The van der Waals surface area contributed by atoms with Crippen molar-refractivity contribution < 1.29 is 19.1 Å². The third-order valence-electron chi connectivity index (χ3n) is 7.84. The molecule has 3 heterocycles. The first kappa shape index (κ1) is 25.5. The van der Waals surface area contributed by atoms with Gasteiger partial charge in [0.1, 0.15) is 4.88 Å². The van der Waals surface area contributed by atoms with E-state index in [-0.39, 0.29) is 11.7 Å². The van der Waals surface area contributed by atoms with Gasteiger partial charge < -0.3 is 14.8 Å². The quantitative estimate of drug-likeness (QED) is 0.344. The van der Waals surface area contributed by atoms with Crippen molar-refractivity contribution in [1.82, 2.24) is 4.90 Å². The highest BCUT2D eigenvalue weighted by Crippen LogP contribution is 2.43. The Morgan fingerprint density at radius 2 is 1.89 bits per heavy atom. The van der Waals surface area contributed by atoms with Crippen LogP contribution in [0, 0.1) is 11.8 Å². The first-order valence-electron chi connectivity index (χ1n) is 13.2. The van der Waals surface area contributed by atoms with Gasteiger partial charge in [0, 0.05) is 29.2 Å². The molecule has 0 radical (unpaired) electrons. The van der Waals surface area contributed by atoms with E-state index in [0.717, 1.165) is 48.0 Å². The lowest BCUT2D eigenvalue weighted by molar-refractivity contribution is 0.0701. The lowest BCUT2D eigenvalue weighted by Crippen LogP contribution is -2.34. The summed E-state index contributed by atoms with van der Waals surface area (Å²) < 4.78 is 5.15. The number of aromatic carboxylic acids is 1. The van der Waals surface area contributed by atoms with Crippen LogP contribution in [-0.4, -0.2) is 41.5 Å². The Kier molecular flexibility index (Phi) is 7.63. The lowest BCUT2D eigenvalue weighted by Gasteiger charge is -2.36. The van der Waals surface area contributed by atoms with Crippen LogP contribution < -0.4 is 5.32 Å². The number of carboxylic acids is 1. The molecule has 2 N–H and O–H groups in total. The zero-order valence-corrected chi connectivity index (χ0v) is 22.3. The Bertz CT molecular complexity index is 1280. The van der Waals surface area contributed by atoms with Gasteiger partial charge in [-0.05, 0) is 84.7 Å². The maximum atomic E-state index is 12.4. The van der Waals surface area contributed by atoms with Crippen LogP contribution in [0.15, 0.2) is 58.7 Å². The zero-order valence-electron chi connectivity index (χ0n) is 21.5. The summed E-state index contributed by atoms with van der Waals surface area (Å²) in [6.45, 7) is 7.47. The Labute approximate surface area is 222 Å². The fraction of sp³-hybridized carbons (Fsp3) is 0.400. The molecular formula is C30H34N2O4S. The van der Waals surface area contributed by atoms with Crippen LogP contribution >= 0.6 is 11.3 Å². The van der Waals surface area contributed by atoms with Gasteiger partial charge in [-0.3, -0.25) is 9.69 Å². The monoisotopic (exact) mass is 518 g/mol. The minimum atomic E-state index is -0.865. The summed E-state index contributed by atoms with van der Waals surface area (Å²) in [5.74, 6) is 0.404. The van der Waals surface area contributed by atoms with Crippen molar-refractivity contribution in [2.24, 2.45) is 11.8 Å². The molecule has 6 nitrogen and oxygen atoms in total. The molecule has 0 saturated heterocycles.